The predicted molar refractivity (Wildman–Crippen MR) is 110 cm³/mol. The largest absolute Gasteiger partial charge is 0.417 e. The van der Waals surface area contributed by atoms with E-state index in [1.165, 1.54) is 31.3 Å². The van der Waals surface area contributed by atoms with Crippen molar-refractivity contribution in [2.45, 2.75) is 20.9 Å². The normalized spacial score (nSPS) is 16.4. The number of sulfonamides is 1. The van der Waals surface area contributed by atoms with E-state index in [0.29, 0.717) is 45.0 Å². The van der Waals surface area contributed by atoms with Gasteiger partial charge in [-0.3, -0.25) is 4.90 Å². The number of benzene rings is 2. The lowest BCUT2D eigenvalue weighted by Crippen LogP contribution is -2.42. The van der Waals surface area contributed by atoms with Crippen LogP contribution >= 0.6 is 0 Å². The van der Waals surface area contributed by atoms with Gasteiger partial charge >= 0.3 is 6.18 Å². The molecule has 1 saturated heterocycles. The van der Waals surface area contributed by atoms with Gasteiger partial charge in [0.05, 0.1) is 33.5 Å². The van der Waals surface area contributed by atoms with Gasteiger partial charge in [-0.05, 0) is 30.3 Å². The minimum Gasteiger partial charge on any atom is -0.379 e. The molecule has 176 valence electrons. The molecule has 0 unspecified atom stereocenters. The van der Waals surface area contributed by atoms with Gasteiger partial charge in [0.1, 0.15) is 0 Å². The van der Waals surface area contributed by atoms with Crippen LogP contribution in [0.5, 0.6) is 0 Å². The Labute approximate surface area is 185 Å². The van der Waals surface area contributed by atoms with Crippen molar-refractivity contribution in [2.24, 2.45) is 0 Å². The first kappa shape index (κ1) is 24.6. The number of nitrogens with zero attached hydrogens (tertiary/aromatic N) is 2. The third kappa shape index (κ3) is 5.31. The zero-order valence-corrected chi connectivity index (χ0v) is 18.9. The first-order valence-electron chi connectivity index (χ1n) is 9.72. The van der Waals surface area contributed by atoms with Gasteiger partial charge in [0, 0.05) is 33.2 Å². The molecule has 0 saturated carbocycles. The number of halogens is 3. The summed E-state index contributed by atoms with van der Waals surface area (Å²) in [7, 11) is -7.66. The van der Waals surface area contributed by atoms with Crippen LogP contribution in [0.4, 0.5) is 13.2 Å². The van der Waals surface area contributed by atoms with Gasteiger partial charge in [-0.25, -0.2) is 16.8 Å². The molecule has 1 aliphatic rings. The second kappa shape index (κ2) is 9.48. The summed E-state index contributed by atoms with van der Waals surface area (Å²) in [5.74, 6) is 0. The van der Waals surface area contributed by atoms with Gasteiger partial charge in [0.15, 0.2) is 0 Å². The summed E-state index contributed by atoms with van der Waals surface area (Å²) in [5.41, 5.74) is -1.41. The monoisotopic (exact) mass is 492 g/mol. The van der Waals surface area contributed by atoms with E-state index < -0.39 is 41.4 Å². The molecular formula is C20H23F3N2O5S2. The van der Waals surface area contributed by atoms with Crippen molar-refractivity contribution >= 4 is 19.9 Å². The molecule has 0 spiro atoms. The van der Waals surface area contributed by atoms with E-state index in [4.69, 9.17) is 4.74 Å². The number of alkyl halides is 3. The van der Waals surface area contributed by atoms with E-state index in [1.54, 1.807) is 6.07 Å². The fraction of sp³-hybridized carbons (Fsp3) is 0.400. The van der Waals surface area contributed by atoms with E-state index in [0.717, 1.165) is 10.4 Å². The van der Waals surface area contributed by atoms with Crippen LogP contribution in [0.15, 0.2) is 63.2 Å². The standard InChI is InChI=1S/C20H23F3N2O5S2/c1-24(9-10-25-11-13-30-14-12-25)32(28,29)19-15-17(7-8-18(19)20(21,22)23)31(26,27)16-5-3-2-4-6-16/h2-8,15H,9-14H2,1H3. The van der Waals surface area contributed by atoms with E-state index in [2.05, 4.69) is 0 Å². The lowest BCUT2D eigenvalue weighted by Gasteiger charge is -2.28. The fourth-order valence-electron chi connectivity index (χ4n) is 3.25. The zero-order valence-electron chi connectivity index (χ0n) is 17.2. The van der Waals surface area contributed by atoms with Crippen molar-refractivity contribution < 1.29 is 34.7 Å². The Hall–Kier alpha value is -1.99. The molecule has 12 heteroatoms. The molecule has 1 fully saturated rings. The highest BCUT2D eigenvalue weighted by Crippen LogP contribution is 2.37. The Bertz CT molecular complexity index is 1150. The second-order valence-corrected chi connectivity index (χ2v) is 11.2. The number of morpholine rings is 1. The number of hydrogen-bond donors (Lipinski definition) is 0. The van der Waals surface area contributed by atoms with Gasteiger partial charge in [-0.15, -0.1) is 0 Å². The van der Waals surface area contributed by atoms with Crippen molar-refractivity contribution in [2.75, 3.05) is 46.4 Å². The van der Waals surface area contributed by atoms with Crippen LogP contribution < -0.4 is 0 Å². The highest BCUT2D eigenvalue weighted by molar-refractivity contribution is 7.91. The zero-order chi connectivity index (χ0) is 23.6. The summed E-state index contributed by atoms with van der Waals surface area (Å²) < 4.78 is 98.8. The molecule has 0 radical (unpaired) electrons. The van der Waals surface area contributed by atoms with Gasteiger partial charge in [-0.1, -0.05) is 18.2 Å². The van der Waals surface area contributed by atoms with Crippen LogP contribution in [0.3, 0.4) is 0 Å². The van der Waals surface area contributed by atoms with Crippen molar-refractivity contribution in [3.8, 4) is 0 Å². The van der Waals surface area contributed by atoms with Gasteiger partial charge < -0.3 is 4.74 Å². The summed E-state index contributed by atoms with van der Waals surface area (Å²) in [6, 6.07) is 8.96. The van der Waals surface area contributed by atoms with Crippen molar-refractivity contribution in [3.63, 3.8) is 0 Å². The molecule has 1 heterocycles. The molecule has 0 N–H and O–H groups in total. The minimum atomic E-state index is -4.98. The molecule has 0 aromatic heterocycles. The molecule has 2 aromatic carbocycles. The molecule has 32 heavy (non-hydrogen) atoms. The van der Waals surface area contributed by atoms with Crippen molar-refractivity contribution in [1.29, 1.82) is 0 Å². The number of hydrogen-bond acceptors (Lipinski definition) is 6. The Kier molecular flexibility index (Phi) is 7.30. The molecule has 0 bridgehead atoms. The maximum Gasteiger partial charge on any atom is 0.417 e. The van der Waals surface area contributed by atoms with Crippen LogP contribution in [0.25, 0.3) is 0 Å². The lowest BCUT2D eigenvalue weighted by molar-refractivity contribution is -0.140. The van der Waals surface area contributed by atoms with Crippen LogP contribution in [-0.4, -0.2) is 72.5 Å². The fourth-order valence-corrected chi connectivity index (χ4v) is 6.03. The van der Waals surface area contributed by atoms with Crippen LogP contribution in [0, 0.1) is 0 Å². The molecule has 0 atom stereocenters. The quantitative estimate of drug-likeness (QED) is 0.591. The SMILES string of the molecule is CN(CCN1CCOCC1)S(=O)(=O)c1cc(S(=O)(=O)c2ccccc2)ccc1C(F)(F)F. The Balaban J connectivity index is 1.99. The lowest BCUT2D eigenvalue weighted by atomic mass is 10.2. The highest BCUT2D eigenvalue weighted by Gasteiger charge is 2.39. The summed E-state index contributed by atoms with van der Waals surface area (Å²) in [6.07, 6.45) is -4.98. The first-order valence-corrected chi connectivity index (χ1v) is 12.6. The number of sulfone groups is 1. The molecule has 2 aromatic rings. The summed E-state index contributed by atoms with van der Waals surface area (Å²) in [4.78, 5) is 0.170. The van der Waals surface area contributed by atoms with Crippen LogP contribution in [0.2, 0.25) is 0 Å². The first-order chi connectivity index (χ1) is 14.9. The van der Waals surface area contributed by atoms with E-state index in [9.17, 15) is 30.0 Å². The maximum atomic E-state index is 13.6. The second-order valence-electron chi connectivity index (χ2n) is 7.25. The molecule has 1 aliphatic heterocycles. The Morgan fingerprint density at radius 2 is 1.59 bits per heavy atom. The van der Waals surface area contributed by atoms with Crippen LogP contribution in [0.1, 0.15) is 5.56 Å². The molecular weight excluding hydrogens is 469 g/mol. The minimum absolute atomic E-state index is 0.0602. The van der Waals surface area contributed by atoms with E-state index in [1.807, 2.05) is 4.90 Å². The van der Waals surface area contributed by atoms with Crippen molar-refractivity contribution in [1.82, 2.24) is 9.21 Å². The number of ether oxygens (including phenoxy) is 1. The van der Waals surface area contributed by atoms with Crippen LogP contribution in [-0.2, 0) is 30.8 Å². The molecule has 0 aliphatic carbocycles. The summed E-state index contributed by atoms with van der Waals surface area (Å²) in [5, 5.41) is 0. The third-order valence-electron chi connectivity index (χ3n) is 5.15. The predicted octanol–water partition coefficient (Wildman–Crippen LogP) is 2.49. The van der Waals surface area contributed by atoms with Gasteiger partial charge in [0.25, 0.3) is 0 Å². The molecule has 7 nitrogen and oxygen atoms in total. The average molecular weight is 493 g/mol. The molecule has 3 rings (SSSR count). The smallest absolute Gasteiger partial charge is 0.379 e. The third-order valence-corrected chi connectivity index (χ3v) is 8.81. The summed E-state index contributed by atoms with van der Waals surface area (Å²) >= 11 is 0. The highest BCUT2D eigenvalue weighted by atomic mass is 32.2. The number of rotatable bonds is 7. The Morgan fingerprint density at radius 1 is 0.969 bits per heavy atom. The van der Waals surface area contributed by atoms with E-state index in [-0.39, 0.29) is 11.4 Å². The summed E-state index contributed by atoms with van der Waals surface area (Å²) in [6.45, 7) is 2.42. The van der Waals surface area contributed by atoms with Gasteiger partial charge in [-0.2, -0.15) is 17.5 Å². The van der Waals surface area contributed by atoms with E-state index >= 15 is 0 Å². The number of likely N-dealkylation sites (N-methyl/N-ethyl adjacent to an activating group) is 1. The van der Waals surface area contributed by atoms with Gasteiger partial charge in [0.2, 0.25) is 19.9 Å². The molecule has 0 amide bonds. The maximum absolute atomic E-state index is 13.6. The Morgan fingerprint density at radius 3 is 2.19 bits per heavy atom. The average Bonchev–Trinajstić information content (AvgIpc) is 2.77. The topological polar surface area (TPSA) is 84.0 Å². The van der Waals surface area contributed by atoms with Crippen molar-refractivity contribution in [3.05, 3.63) is 54.1 Å².